The van der Waals surface area contributed by atoms with Crippen molar-refractivity contribution in [3.8, 4) is 0 Å². The van der Waals surface area contributed by atoms with Gasteiger partial charge in [-0.25, -0.2) is 4.98 Å². The van der Waals surface area contributed by atoms with Gasteiger partial charge in [0.05, 0.1) is 11.9 Å². The molecule has 1 heterocycles. The van der Waals surface area contributed by atoms with E-state index in [0.717, 1.165) is 11.5 Å². The van der Waals surface area contributed by atoms with Crippen LogP contribution in [0.5, 0.6) is 0 Å². The van der Waals surface area contributed by atoms with Crippen molar-refractivity contribution in [1.82, 2.24) is 9.97 Å². The van der Waals surface area contributed by atoms with E-state index in [1.54, 1.807) is 0 Å². The summed E-state index contributed by atoms with van der Waals surface area (Å²) >= 11 is 7.55. The molecule has 1 aromatic rings. The first-order valence-corrected chi connectivity index (χ1v) is 6.29. The number of nitrogens with two attached hydrogens (primary N) is 1. The van der Waals surface area contributed by atoms with Gasteiger partial charge in [0.25, 0.3) is 0 Å². The molecule has 0 radical (unpaired) electrons. The van der Waals surface area contributed by atoms with Crippen LogP contribution in [0.15, 0.2) is 6.20 Å². The molecule has 0 bridgehead atoms. The summed E-state index contributed by atoms with van der Waals surface area (Å²) in [5.41, 5.74) is 6.23. The van der Waals surface area contributed by atoms with E-state index in [-0.39, 0.29) is 5.28 Å². The van der Waals surface area contributed by atoms with E-state index in [1.165, 1.54) is 6.20 Å². The smallest absolute Gasteiger partial charge is 0.224 e. The number of nitrogens with one attached hydrogen (secondary N) is 1. The molecule has 0 amide bonds. The molecule has 15 heavy (non-hydrogen) atoms. The Morgan fingerprint density at radius 3 is 3.07 bits per heavy atom. The molecule has 0 aliphatic rings. The zero-order valence-corrected chi connectivity index (χ0v) is 10.4. The van der Waals surface area contributed by atoms with Crippen LogP contribution in [-0.2, 0) is 0 Å². The lowest BCUT2D eigenvalue weighted by Crippen LogP contribution is -2.20. The van der Waals surface area contributed by atoms with Crippen molar-refractivity contribution in [1.29, 1.82) is 0 Å². The number of nitrogen functional groups attached to an aromatic ring is 1. The predicted octanol–water partition coefficient (Wildman–Crippen LogP) is 2.27. The Balaban J connectivity index is 2.59. The maximum atomic E-state index is 5.71. The highest BCUT2D eigenvalue weighted by Crippen LogP contribution is 2.17. The van der Waals surface area contributed by atoms with Crippen LogP contribution in [-0.4, -0.2) is 27.5 Å². The number of thioether (sulfide) groups is 1. The molecule has 1 unspecified atom stereocenters. The van der Waals surface area contributed by atoms with Crippen molar-refractivity contribution in [3.63, 3.8) is 0 Å². The molecule has 0 spiro atoms. The minimum atomic E-state index is 0.210. The molecule has 0 saturated heterocycles. The molecule has 0 fully saturated rings. The van der Waals surface area contributed by atoms with Crippen LogP contribution < -0.4 is 11.1 Å². The van der Waals surface area contributed by atoms with E-state index in [1.807, 2.05) is 11.8 Å². The maximum absolute atomic E-state index is 5.71. The fourth-order valence-corrected chi connectivity index (χ4v) is 1.86. The van der Waals surface area contributed by atoms with Crippen molar-refractivity contribution < 1.29 is 0 Å². The van der Waals surface area contributed by atoms with E-state index >= 15 is 0 Å². The summed E-state index contributed by atoms with van der Waals surface area (Å²) in [4.78, 5) is 7.82. The normalized spacial score (nSPS) is 12.5. The first-order valence-electron chi connectivity index (χ1n) is 4.75. The molecule has 4 nitrogen and oxygen atoms in total. The predicted molar refractivity (Wildman–Crippen MR) is 67.5 cm³/mol. The standard InChI is InChI=1S/C9H15ClN4S/c1-3-15-5-6(2)13-8-7(11)4-12-9(10)14-8/h4,6H,3,5,11H2,1-2H3,(H,12,13,14). The van der Waals surface area contributed by atoms with Crippen LogP contribution >= 0.6 is 23.4 Å². The Kier molecular flexibility index (Phi) is 4.98. The molecule has 0 aliphatic carbocycles. The zero-order chi connectivity index (χ0) is 11.3. The maximum Gasteiger partial charge on any atom is 0.224 e. The molecule has 1 aromatic heterocycles. The third-order valence-electron chi connectivity index (χ3n) is 1.74. The Bertz CT molecular complexity index is 321. The van der Waals surface area contributed by atoms with E-state index < -0.39 is 0 Å². The highest BCUT2D eigenvalue weighted by Gasteiger charge is 2.07. The van der Waals surface area contributed by atoms with Gasteiger partial charge < -0.3 is 11.1 Å². The van der Waals surface area contributed by atoms with Gasteiger partial charge in [-0.15, -0.1) is 0 Å². The number of anilines is 2. The summed E-state index contributed by atoms with van der Waals surface area (Å²) in [7, 11) is 0. The van der Waals surface area contributed by atoms with Crippen molar-refractivity contribution in [2.75, 3.05) is 22.6 Å². The van der Waals surface area contributed by atoms with Crippen molar-refractivity contribution >= 4 is 34.9 Å². The Morgan fingerprint density at radius 2 is 2.40 bits per heavy atom. The first kappa shape index (κ1) is 12.4. The largest absolute Gasteiger partial charge is 0.394 e. The van der Waals surface area contributed by atoms with Crippen LogP contribution in [0.1, 0.15) is 13.8 Å². The second-order valence-electron chi connectivity index (χ2n) is 3.15. The lowest BCUT2D eigenvalue weighted by molar-refractivity contribution is 0.900. The van der Waals surface area contributed by atoms with E-state index in [0.29, 0.717) is 17.5 Å². The molecule has 84 valence electrons. The molecule has 0 aromatic carbocycles. The molecular formula is C9H15ClN4S. The van der Waals surface area contributed by atoms with Gasteiger partial charge in [0.2, 0.25) is 5.28 Å². The van der Waals surface area contributed by atoms with E-state index in [4.69, 9.17) is 17.3 Å². The summed E-state index contributed by atoms with van der Waals surface area (Å²) < 4.78 is 0. The average molecular weight is 247 g/mol. The Morgan fingerprint density at radius 1 is 1.67 bits per heavy atom. The Labute approximate surface area is 99.0 Å². The molecule has 6 heteroatoms. The molecule has 1 rings (SSSR count). The number of halogens is 1. The summed E-state index contributed by atoms with van der Waals surface area (Å²) in [6, 6.07) is 0.309. The van der Waals surface area contributed by atoms with Gasteiger partial charge >= 0.3 is 0 Å². The van der Waals surface area contributed by atoms with Crippen molar-refractivity contribution in [2.24, 2.45) is 0 Å². The summed E-state index contributed by atoms with van der Waals surface area (Å²) in [6.07, 6.45) is 1.51. The SMILES string of the molecule is CCSCC(C)Nc1nc(Cl)ncc1N. The highest BCUT2D eigenvalue weighted by atomic mass is 35.5. The van der Waals surface area contributed by atoms with Crippen LogP contribution in [0.2, 0.25) is 5.28 Å². The van der Waals surface area contributed by atoms with Gasteiger partial charge in [0.15, 0.2) is 5.82 Å². The number of hydrogen-bond donors (Lipinski definition) is 2. The summed E-state index contributed by atoms with van der Waals surface area (Å²) in [5, 5.41) is 3.41. The average Bonchev–Trinajstić information content (AvgIpc) is 2.20. The summed E-state index contributed by atoms with van der Waals surface area (Å²) in [5.74, 6) is 2.73. The molecule has 1 atom stereocenters. The first-order chi connectivity index (χ1) is 7.13. The topological polar surface area (TPSA) is 63.8 Å². The second kappa shape index (κ2) is 6.02. The molecule has 0 saturated carbocycles. The van der Waals surface area contributed by atoms with Gasteiger partial charge in [0, 0.05) is 11.8 Å². The number of aromatic nitrogens is 2. The van der Waals surface area contributed by atoms with Crippen molar-refractivity contribution in [2.45, 2.75) is 19.9 Å². The lowest BCUT2D eigenvalue weighted by atomic mass is 10.3. The fraction of sp³-hybridized carbons (Fsp3) is 0.556. The van der Waals surface area contributed by atoms with Gasteiger partial charge in [-0.1, -0.05) is 6.92 Å². The number of hydrogen-bond acceptors (Lipinski definition) is 5. The minimum Gasteiger partial charge on any atom is -0.394 e. The number of rotatable bonds is 5. The van der Waals surface area contributed by atoms with Gasteiger partial charge in [-0.3, -0.25) is 0 Å². The zero-order valence-electron chi connectivity index (χ0n) is 8.83. The quantitative estimate of drug-likeness (QED) is 0.781. The molecule has 0 aliphatic heterocycles. The summed E-state index contributed by atoms with van der Waals surface area (Å²) in [6.45, 7) is 4.21. The molecular weight excluding hydrogens is 232 g/mol. The number of nitrogens with zero attached hydrogens (tertiary/aromatic N) is 2. The highest BCUT2D eigenvalue weighted by molar-refractivity contribution is 7.99. The van der Waals surface area contributed by atoms with Crippen LogP contribution in [0, 0.1) is 0 Å². The van der Waals surface area contributed by atoms with Crippen LogP contribution in [0.3, 0.4) is 0 Å². The lowest BCUT2D eigenvalue weighted by Gasteiger charge is -2.14. The van der Waals surface area contributed by atoms with Crippen LogP contribution in [0.4, 0.5) is 11.5 Å². The second-order valence-corrected chi connectivity index (χ2v) is 4.80. The third-order valence-corrected chi connectivity index (χ3v) is 3.07. The minimum absolute atomic E-state index is 0.210. The van der Waals surface area contributed by atoms with Gasteiger partial charge in [-0.2, -0.15) is 16.7 Å². The van der Waals surface area contributed by atoms with Gasteiger partial charge in [0.1, 0.15) is 0 Å². The Hall–Kier alpha value is -0.680. The van der Waals surface area contributed by atoms with Crippen molar-refractivity contribution in [3.05, 3.63) is 11.5 Å². The molecule has 3 N–H and O–H groups in total. The van der Waals surface area contributed by atoms with Crippen LogP contribution in [0.25, 0.3) is 0 Å². The van der Waals surface area contributed by atoms with E-state index in [2.05, 4.69) is 29.1 Å². The van der Waals surface area contributed by atoms with E-state index in [9.17, 15) is 0 Å². The van der Waals surface area contributed by atoms with Gasteiger partial charge in [-0.05, 0) is 24.3 Å². The third kappa shape index (κ3) is 4.13. The monoisotopic (exact) mass is 246 g/mol. The fourth-order valence-electron chi connectivity index (χ4n) is 1.05.